The zero-order valence-corrected chi connectivity index (χ0v) is 12.6. The number of benzene rings is 2. The molecule has 2 aromatic carbocycles. The molecule has 0 saturated heterocycles. The Kier molecular flexibility index (Phi) is 4.51. The molecule has 0 aliphatic carbocycles. The molecule has 21 heavy (non-hydrogen) atoms. The molecule has 0 unspecified atom stereocenters. The third-order valence-corrected chi connectivity index (χ3v) is 4.26. The number of anilines is 1. The number of hydrogen-bond acceptors (Lipinski definition) is 3. The summed E-state index contributed by atoms with van der Waals surface area (Å²) >= 11 is 5.87. The third-order valence-electron chi connectivity index (χ3n) is 2.57. The first-order valence-corrected chi connectivity index (χ1v) is 8.28. The van der Waals surface area contributed by atoms with Crippen molar-refractivity contribution >= 4 is 42.9 Å². The number of amides is 1. The summed E-state index contributed by atoms with van der Waals surface area (Å²) in [7, 11) is 0.892. The maximum Gasteiger partial charge on any atom is 0.264 e. The Bertz CT molecular complexity index is 809. The Hall–Kier alpha value is -1.63. The van der Waals surface area contributed by atoms with Crippen LogP contribution in [0.4, 0.5) is 10.1 Å². The van der Waals surface area contributed by atoms with Crippen molar-refractivity contribution in [2.45, 2.75) is 4.90 Å². The SMILES string of the molecule is O=C(Nc1ccc(S(=O)(=O)Cl)c(F)c1)c1ccccc1Cl. The highest BCUT2D eigenvalue weighted by atomic mass is 35.7. The van der Waals surface area contributed by atoms with Crippen LogP contribution in [0.25, 0.3) is 0 Å². The standard InChI is InChI=1S/C13H8Cl2FNO3S/c14-10-4-2-1-3-9(10)13(18)17-8-5-6-12(11(16)7-8)21(15,19)20/h1-7H,(H,17,18). The van der Waals surface area contributed by atoms with E-state index in [1.165, 1.54) is 12.1 Å². The van der Waals surface area contributed by atoms with Crippen molar-refractivity contribution in [1.82, 2.24) is 0 Å². The first-order chi connectivity index (χ1) is 9.79. The van der Waals surface area contributed by atoms with Gasteiger partial charge in [0.15, 0.2) is 0 Å². The molecule has 0 spiro atoms. The first kappa shape index (κ1) is 15.8. The van der Waals surface area contributed by atoms with Crippen LogP contribution in [0, 0.1) is 5.82 Å². The predicted octanol–water partition coefficient (Wildman–Crippen LogP) is 3.66. The quantitative estimate of drug-likeness (QED) is 0.861. The van der Waals surface area contributed by atoms with Gasteiger partial charge in [-0.25, -0.2) is 12.8 Å². The van der Waals surface area contributed by atoms with Crippen LogP contribution in [0.1, 0.15) is 10.4 Å². The second-order valence-electron chi connectivity index (χ2n) is 4.02. The molecule has 110 valence electrons. The second kappa shape index (κ2) is 6.01. The van der Waals surface area contributed by atoms with E-state index in [1.807, 2.05) is 0 Å². The van der Waals surface area contributed by atoms with Crippen LogP contribution in [0.2, 0.25) is 5.02 Å². The van der Waals surface area contributed by atoms with Gasteiger partial charge in [-0.3, -0.25) is 4.79 Å². The first-order valence-electron chi connectivity index (χ1n) is 5.59. The van der Waals surface area contributed by atoms with Gasteiger partial charge in [-0.2, -0.15) is 0 Å². The largest absolute Gasteiger partial charge is 0.322 e. The fourth-order valence-electron chi connectivity index (χ4n) is 1.62. The molecule has 0 aliphatic heterocycles. The Morgan fingerprint density at radius 3 is 2.38 bits per heavy atom. The molecule has 0 aliphatic rings. The number of rotatable bonds is 3. The van der Waals surface area contributed by atoms with Crippen LogP contribution in [-0.4, -0.2) is 14.3 Å². The van der Waals surface area contributed by atoms with E-state index < -0.39 is 25.7 Å². The van der Waals surface area contributed by atoms with Crippen molar-refractivity contribution in [3.05, 3.63) is 58.9 Å². The molecule has 0 heterocycles. The normalized spacial score (nSPS) is 11.2. The van der Waals surface area contributed by atoms with Gasteiger partial charge in [0.05, 0.1) is 10.6 Å². The van der Waals surface area contributed by atoms with E-state index in [9.17, 15) is 17.6 Å². The van der Waals surface area contributed by atoms with E-state index in [4.69, 9.17) is 22.3 Å². The van der Waals surface area contributed by atoms with Crippen molar-refractivity contribution in [3.8, 4) is 0 Å². The van der Waals surface area contributed by atoms with Gasteiger partial charge in [0, 0.05) is 16.4 Å². The summed E-state index contributed by atoms with van der Waals surface area (Å²) in [6, 6.07) is 9.41. The number of hydrogen-bond donors (Lipinski definition) is 1. The molecule has 0 fully saturated rings. The Balaban J connectivity index is 2.27. The smallest absolute Gasteiger partial charge is 0.264 e. The zero-order valence-electron chi connectivity index (χ0n) is 10.3. The summed E-state index contributed by atoms with van der Waals surface area (Å²) in [6.07, 6.45) is 0. The van der Waals surface area contributed by atoms with Gasteiger partial charge in [0.2, 0.25) is 0 Å². The monoisotopic (exact) mass is 347 g/mol. The average molecular weight is 348 g/mol. The molecule has 4 nitrogen and oxygen atoms in total. The lowest BCUT2D eigenvalue weighted by Gasteiger charge is -2.07. The third kappa shape index (κ3) is 3.72. The molecular formula is C13H8Cl2FNO3S. The summed E-state index contributed by atoms with van der Waals surface area (Å²) in [5.74, 6) is -1.59. The van der Waals surface area contributed by atoms with Crippen molar-refractivity contribution in [1.29, 1.82) is 0 Å². The maximum absolute atomic E-state index is 13.6. The molecule has 0 saturated carbocycles. The van der Waals surface area contributed by atoms with Crippen molar-refractivity contribution in [2.75, 3.05) is 5.32 Å². The number of nitrogens with one attached hydrogen (secondary N) is 1. The minimum Gasteiger partial charge on any atom is -0.322 e. The highest BCUT2D eigenvalue weighted by Gasteiger charge is 2.17. The molecule has 0 bridgehead atoms. The summed E-state index contributed by atoms with van der Waals surface area (Å²) in [5, 5.41) is 2.66. The summed E-state index contributed by atoms with van der Waals surface area (Å²) < 4.78 is 35.8. The molecule has 0 aromatic heterocycles. The van der Waals surface area contributed by atoms with Crippen molar-refractivity contribution < 1.29 is 17.6 Å². The number of carbonyl (C=O) groups is 1. The highest BCUT2D eigenvalue weighted by molar-refractivity contribution is 8.13. The number of halogens is 3. The molecule has 8 heteroatoms. The molecule has 0 atom stereocenters. The Morgan fingerprint density at radius 2 is 1.81 bits per heavy atom. The topological polar surface area (TPSA) is 63.2 Å². The predicted molar refractivity (Wildman–Crippen MR) is 78.8 cm³/mol. The van der Waals surface area contributed by atoms with Crippen LogP contribution in [0.3, 0.4) is 0 Å². The lowest BCUT2D eigenvalue weighted by atomic mass is 10.2. The lowest BCUT2D eigenvalue weighted by molar-refractivity contribution is 0.102. The molecule has 0 radical (unpaired) electrons. The van der Waals surface area contributed by atoms with Gasteiger partial charge in [0.1, 0.15) is 10.7 Å². The van der Waals surface area contributed by atoms with E-state index in [0.717, 1.165) is 12.1 Å². The van der Waals surface area contributed by atoms with Crippen LogP contribution >= 0.6 is 22.3 Å². The van der Waals surface area contributed by atoms with Crippen molar-refractivity contribution in [2.24, 2.45) is 0 Å². The van der Waals surface area contributed by atoms with Crippen LogP contribution in [0.5, 0.6) is 0 Å². The molecule has 2 rings (SSSR count). The minimum absolute atomic E-state index is 0.0847. The maximum atomic E-state index is 13.6. The summed E-state index contributed by atoms with van der Waals surface area (Å²) in [4.78, 5) is 11.3. The van der Waals surface area contributed by atoms with Gasteiger partial charge < -0.3 is 5.32 Å². The summed E-state index contributed by atoms with van der Waals surface area (Å²) in [6.45, 7) is 0. The average Bonchev–Trinajstić information content (AvgIpc) is 2.37. The van der Waals surface area contributed by atoms with E-state index in [2.05, 4.69) is 5.32 Å². The Morgan fingerprint density at radius 1 is 1.14 bits per heavy atom. The van der Waals surface area contributed by atoms with E-state index in [-0.39, 0.29) is 16.3 Å². The van der Waals surface area contributed by atoms with Gasteiger partial charge >= 0.3 is 0 Å². The fraction of sp³-hybridized carbons (Fsp3) is 0. The second-order valence-corrected chi connectivity index (χ2v) is 6.96. The van der Waals surface area contributed by atoms with Gasteiger partial charge in [-0.1, -0.05) is 23.7 Å². The fourth-order valence-corrected chi connectivity index (χ4v) is 2.74. The van der Waals surface area contributed by atoms with Gasteiger partial charge in [0.25, 0.3) is 15.0 Å². The minimum atomic E-state index is -4.17. The summed E-state index contributed by atoms with van der Waals surface area (Å²) in [5.41, 5.74) is 0.301. The van der Waals surface area contributed by atoms with Crippen LogP contribution in [-0.2, 0) is 9.05 Å². The lowest BCUT2D eigenvalue weighted by Crippen LogP contribution is -2.12. The van der Waals surface area contributed by atoms with Crippen LogP contribution < -0.4 is 5.32 Å². The van der Waals surface area contributed by atoms with E-state index in [1.54, 1.807) is 18.2 Å². The molecule has 1 N–H and O–H groups in total. The van der Waals surface area contributed by atoms with Crippen molar-refractivity contribution in [3.63, 3.8) is 0 Å². The van der Waals surface area contributed by atoms with Gasteiger partial charge in [-0.15, -0.1) is 0 Å². The van der Waals surface area contributed by atoms with E-state index >= 15 is 0 Å². The molecule has 2 aromatic rings. The molecular weight excluding hydrogens is 340 g/mol. The molecule has 1 amide bonds. The highest BCUT2D eigenvalue weighted by Crippen LogP contribution is 2.23. The zero-order chi connectivity index (χ0) is 15.6. The van der Waals surface area contributed by atoms with Crippen LogP contribution in [0.15, 0.2) is 47.4 Å². The van der Waals surface area contributed by atoms with E-state index in [0.29, 0.717) is 0 Å². The Labute approximate surface area is 129 Å². The number of carbonyl (C=O) groups excluding carboxylic acids is 1. The van der Waals surface area contributed by atoms with Gasteiger partial charge in [-0.05, 0) is 30.3 Å².